The van der Waals surface area contributed by atoms with E-state index in [4.69, 9.17) is 0 Å². The summed E-state index contributed by atoms with van der Waals surface area (Å²) in [4.78, 5) is 18.4. The van der Waals surface area contributed by atoms with Gasteiger partial charge in [0.2, 0.25) is 0 Å². The number of nitrogens with one attached hydrogen (secondary N) is 1. The Labute approximate surface area is 117 Å². The zero-order chi connectivity index (χ0) is 13.1. The van der Waals surface area contributed by atoms with Crippen LogP contribution in [0.15, 0.2) is 15.2 Å². The van der Waals surface area contributed by atoms with Gasteiger partial charge in [0.05, 0.1) is 10.2 Å². The summed E-state index contributed by atoms with van der Waals surface area (Å²) in [5.74, 6) is 0.0574. The number of hydrogen-bond acceptors (Lipinski definition) is 4. The third kappa shape index (κ3) is 3.20. The van der Waals surface area contributed by atoms with Crippen LogP contribution in [0.25, 0.3) is 0 Å². The molecule has 1 fully saturated rings. The van der Waals surface area contributed by atoms with Crippen molar-refractivity contribution in [3.63, 3.8) is 0 Å². The minimum atomic E-state index is -0.262. The van der Waals surface area contributed by atoms with Crippen LogP contribution in [0.3, 0.4) is 0 Å². The minimum Gasteiger partial charge on any atom is -0.379 e. The van der Waals surface area contributed by atoms with Gasteiger partial charge in [0.25, 0.3) is 0 Å². The van der Waals surface area contributed by atoms with Gasteiger partial charge in [-0.25, -0.2) is 0 Å². The van der Waals surface area contributed by atoms with Gasteiger partial charge in [-0.2, -0.15) is 0 Å². The number of Topliss-reactive ketones (excluding diaryl/α,β-unsaturated/α-hetero) is 1. The molecule has 18 heavy (non-hydrogen) atoms. The third-order valence-corrected chi connectivity index (χ3v) is 4.31. The van der Waals surface area contributed by atoms with Crippen molar-refractivity contribution in [2.75, 3.05) is 20.1 Å². The largest absolute Gasteiger partial charge is 0.379 e. The molecule has 0 saturated carbocycles. The van der Waals surface area contributed by atoms with Crippen LogP contribution < -0.4 is 5.32 Å². The van der Waals surface area contributed by atoms with E-state index in [1.165, 1.54) is 12.8 Å². The topological polar surface area (TPSA) is 44.7 Å². The highest BCUT2D eigenvalue weighted by atomic mass is 79.9. The van der Waals surface area contributed by atoms with Crippen molar-refractivity contribution in [3.8, 4) is 0 Å². The maximum Gasteiger partial charge on any atom is 0.196 e. The first kappa shape index (κ1) is 13.7. The first-order valence-corrected chi connectivity index (χ1v) is 7.29. The monoisotopic (exact) mass is 313 g/mol. The van der Waals surface area contributed by atoms with Crippen LogP contribution in [0.4, 0.5) is 0 Å². The summed E-state index contributed by atoms with van der Waals surface area (Å²) in [6, 6.07) is 0.134. The molecule has 2 atom stereocenters. The van der Waals surface area contributed by atoms with Crippen LogP contribution in [-0.4, -0.2) is 49.1 Å². The Morgan fingerprint density at radius 2 is 2.28 bits per heavy atom. The second-order valence-electron chi connectivity index (χ2n) is 5.15. The summed E-state index contributed by atoms with van der Waals surface area (Å²) < 4.78 is 0.636. The first-order chi connectivity index (χ1) is 8.58. The van der Waals surface area contributed by atoms with Crippen LogP contribution in [-0.2, 0) is 4.79 Å². The second kappa shape index (κ2) is 5.97. The number of rotatable bonds is 2. The lowest BCUT2D eigenvalue weighted by Crippen LogP contribution is -2.39. The lowest BCUT2D eigenvalue weighted by molar-refractivity contribution is -0.115. The second-order valence-corrected chi connectivity index (χ2v) is 5.94. The van der Waals surface area contributed by atoms with Gasteiger partial charge in [-0.05, 0) is 49.3 Å². The molecule has 100 valence electrons. The van der Waals surface area contributed by atoms with Crippen molar-refractivity contribution in [1.29, 1.82) is 0 Å². The molecule has 2 heterocycles. The lowest BCUT2D eigenvalue weighted by atomic mass is 10.1. The number of ketones is 1. The molecule has 0 aliphatic carbocycles. The molecule has 5 heteroatoms. The van der Waals surface area contributed by atoms with Crippen molar-refractivity contribution in [2.24, 2.45) is 4.99 Å². The van der Waals surface area contributed by atoms with E-state index in [2.05, 4.69) is 38.2 Å². The standard InChI is InChI=1S/C13H20BrN3O/c1-9-13(18)12(14)11(7-15-9)16-10-5-3-4-6-17(2)8-10/h7,9-10,16H,3-6,8H2,1-2H3/t9?,10-/m1/s1. The molecule has 4 nitrogen and oxygen atoms in total. The van der Waals surface area contributed by atoms with Gasteiger partial charge in [-0.15, -0.1) is 0 Å². The average molecular weight is 314 g/mol. The molecule has 0 radical (unpaired) electrons. The highest BCUT2D eigenvalue weighted by molar-refractivity contribution is 9.12. The van der Waals surface area contributed by atoms with Crippen molar-refractivity contribution in [1.82, 2.24) is 10.2 Å². The summed E-state index contributed by atoms with van der Waals surface area (Å²) in [6.45, 7) is 3.99. The van der Waals surface area contributed by atoms with Crippen LogP contribution in [0.1, 0.15) is 26.2 Å². The predicted octanol–water partition coefficient (Wildman–Crippen LogP) is 1.71. The number of allylic oxidation sites excluding steroid dienone is 1. The SMILES string of the molecule is CC1N=CC(N[C@@H]2CCCCN(C)C2)=C(Br)C1=O. The molecule has 2 aliphatic heterocycles. The Morgan fingerprint density at radius 1 is 1.50 bits per heavy atom. The number of aliphatic imine (C=N–C) groups is 1. The summed E-state index contributed by atoms with van der Waals surface area (Å²) in [6.07, 6.45) is 5.40. The molecule has 0 aromatic heterocycles. The Morgan fingerprint density at radius 3 is 3.06 bits per heavy atom. The van der Waals surface area contributed by atoms with Gasteiger partial charge in [-0.3, -0.25) is 9.79 Å². The van der Waals surface area contributed by atoms with E-state index in [9.17, 15) is 4.79 Å². The molecule has 0 aromatic rings. The molecule has 1 unspecified atom stereocenters. The molecule has 0 bridgehead atoms. The Balaban J connectivity index is 2.04. The van der Waals surface area contributed by atoms with Crippen LogP contribution >= 0.6 is 15.9 Å². The summed E-state index contributed by atoms with van der Waals surface area (Å²) in [5.41, 5.74) is 0.832. The van der Waals surface area contributed by atoms with Crippen molar-refractivity contribution >= 4 is 27.9 Å². The molecular formula is C13H20BrN3O. The van der Waals surface area contributed by atoms with Gasteiger partial charge in [0.1, 0.15) is 6.04 Å². The van der Waals surface area contributed by atoms with Crippen LogP contribution in [0.2, 0.25) is 0 Å². The molecule has 2 aliphatic rings. The smallest absolute Gasteiger partial charge is 0.196 e. The van der Waals surface area contributed by atoms with Gasteiger partial charge in [-0.1, -0.05) is 6.42 Å². The number of likely N-dealkylation sites (N-methyl/N-ethyl adjacent to an activating group) is 1. The van der Waals surface area contributed by atoms with Crippen molar-refractivity contribution in [2.45, 2.75) is 38.3 Å². The first-order valence-electron chi connectivity index (χ1n) is 6.50. The number of halogens is 1. The molecular weight excluding hydrogens is 294 g/mol. The van der Waals surface area contributed by atoms with Crippen LogP contribution in [0.5, 0.6) is 0 Å². The van der Waals surface area contributed by atoms with E-state index in [-0.39, 0.29) is 11.8 Å². The molecule has 1 saturated heterocycles. The van der Waals surface area contributed by atoms with Gasteiger partial charge >= 0.3 is 0 Å². The Kier molecular flexibility index (Phi) is 4.56. The maximum atomic E-state index is 11.8. The molecule has 0 amide bonds. The number of carbonyl (C=O) groups excluding carboxylic acids is 1. The van der Waals surface area contributed by atoms with Crippen molar-refractivity contribution < 1.29 is 4.79 Å². The Hall–Kier alpha value is -0.680. The number of likely N-dealkylation sites (tertiary alicyclic amines) is 1. The number of dihydropyridines is 1. The fourth-order valence-electron chi connectivity index (χ4n) is 2.40. The zero-order valence-electron chi connectivity index (χ0n) is 10.9. The third-order valence-electron chi connectivity index (χ3n) is 3.49. The van der Waals surface area contributed by atoms with Gasteiger partial charge in [0, 0.05) is 18.8 Å². The highest BCUT2D eigenvalue weighted by Gasteiger charge is 2.24. The highest BCUT2D eigenvalue weighted by Crippen LogP contribution is 2.20. The number of carbonyl (C=O) groups is 1. The fourth-order valence-corrected chi connectivity index (χ4v) is 2.94. The molecule has 0 spiro atoms. The fraction of sp³-hybridized carbons (Fsp3) is 0.692. The van der Waals surface area contributed by atoms with E-state index >= 15 is 0 Å². The summed E-state index contributed by atoms with van der Waals surface area (Å²) in [5, 5.41) is 3.45. The Bertz CT molecular complexity index is 392. The number of nitrogens with zero attached hydrogens (tertiary/aromatic N) is 2. The minimum absolute atomic E-state index is 0.0574. The summed E-state index contributed by atoms with van der Waals surface area (Å²) >= 11 is 3.38. The van der Waals surface area contributed by atoms with Crippen molar-refractivity contribution in [3.05, 3.63) is 10.2 Å². The van der Waals surface area contributed by atoms with E-state index in [0.717, 1.165) is 25.2 Å². The average Bonchev–Trinajstić information content (AvgIpc) is 2.54. The predicted molar refractivity (Wildman–Crippen MR) is 77.2 cm³/mol. The molecule has 2 rings (SSSR count). The van der Waals surface area contributed by atoms with Gasteiger partial charge < -0.3 is 10.2 Å². The maximum absolute atomic E-state index is 11.8. The molecule has 1 N–H and O–H groups in total. The van der Waals surface area contributed by atoms with E-state index in [1.54, 1.807) is 6.21 Å². The zero-order valence-corrected chi connectivity index (χ0v) is 12.5. The quantitative estimate of drug-likeness (QED) is 0.844. The van der Waals surface area contributed by atoms with E-state index in [0.29, 0.717) is 10.5 Å². The van der Waals surface area contributed by atoms with Gasteiger partial charge in [0.15, 0.2) is 5.78 Å². The van der Waals surface area contributed by atoms with E-state index in [1.807, 2.05) is 6.92 Å². The van der Waals surface area contributed by atoms with E-state index < -0.39 is 0 Å². The summed E-state index contributed by atoms with van der Waals surface area (Å²) in [7, 11) is 2.14. The lowest BCUT2D eigenvalue weighted by Gasteiger charge is -2.24. The normalized spacial score (nSPS) is 30.5. The number of hydrogen-bond donors (Lipinski definition) is 1. The molecule has 0 aromatic carbocycles. The van der Waals surface area contributed by atoms with Crippen LogP contribution in [0, 0.1) is 0 Å².